The Balaban J connectivity index is 2.26. The molecular weight excluding hydrogens is 336 g/mol. The first-order valence-corrected chi connectivity index (χ1v) is 9.01. The summed E-state index contributed by atoms with van der Waals surface area (Å²) in [5.41, 5.74) is 1.57. The Labute approximate surface area is 141 Å². The summed E-state index contributed by atoms with van der Waals surface area (Å²) in [6.07, 6.45) is 1.13. The fourth-order valence-corrected chi connectivity index (χ4v) is 2.73. The molecule has 0 atom stereocenters. The number of sulfonamides is 1. The van der Waals surface area contributed by atoms with Gasteiger partial charge in [-0.3, -0.25) is 9.10 Å². The van der Waals surface area contributed by atoms with Crippen LogP contribution in [0.1, 0.15) is 10.4 Å². The molecule has 0 saturated heterocycles. The van der Waals surface area contributed by atoms with E-state index in [1.807, 2.05) is 0 Å². The summed E-state index contributed by atoms with van der Waals surface area (Å²) in [5.74, 6) is -0.236. The molecule has 0 aliphatic heterocycles. The van der Waals surface area contributed by atoms with Crippen LogP contribution in [-0.2, 0) is 10.0 Å². The second kappa shape index (κ2) is 6.60. The van der Waals surface area contributed by atoms with Gasteiger partial charge < -0.3 is 4.90 Å². The number of rotatable bonds is 4. The van der Waals surface area contributed by atoms with Gasteiger partial charge in [0.1, 0.15) is 0 Å². The quantitative estimate of drug-likeness (QED) is 0.849. The van der Waals surface area contributed by atoms with Crippen molar-refractivity contribution in [1.29, 1.82) is 0 Å². The Hall–Kier alpha value is -2.05. The molecule has 0 radical (unpaired) electrons. The number of carbonyl (C=O) groups is 1. The van der Waals surface area contributed by atoms with E-state index in [0.717, 1.165) is 6.26 Å². The van der Waals surface area contributed by atoms with E-state index in [2.05, 4.69) is 0 Å². The molecule has 0 fully saturated rings. The van der Waals surface area contributed by atoms with Crippen LogP contribution in [0.15, 0.2) is 48.5 Å². The summed E-state index contributed by atoms with van der Waals surface area (Å²) in [5, 5.41) is 0.387. The third-order valence-corrected chi connectivity index (χ3v) is 5.04. The summed E-state index contributed by atoms with van der Waals surface area (Å²) in [6, 6.07) is 13.5. The maximum atomic E-state index is 12.5. The molecule has 0 aliphatic rings. The molecule has 0 spiro atoms. The summed E-state index contributed by atoms with van der Waals surface area (Å²) in [7, 11) is -0.204. The minimum absolute atomic E-state index is 0.236. The molecule has 0 heterocycles. The van der Waals surface area contributed by atoms with Crippen molar-refractivity contribution in [2.45, 2.75) is 0 Å². The highest BCUT2D eigenvalue weighted by atomic mass is 35.5. The van der Waals surface area contributed by atoms with Crippen LogP contribution >= 0.6 is 11.6 Å². The van der Waals surface area contributed by atoms with Crippen molar-refractivity contribution < 1.29 is 13.2 Å². The van der Waals surface area contributed by atoms with Crippen LogP contribution in [0.25, 0.3) is 0 Å². The number of hydrogen-bond acceptors (Lipinski definition) is 3. The van der Waals surface area contributed by atoms with Gasteiger partial charge >= 0.3 is 0 Å². The maximum absolute atomic E-state index is 12.5. The van der Waals surface area contributed by atoms with Crippen molar-refractivity contribution >= 4 is 38.9 Å². The van der Waals surface area contributed by atoms with Gasteiger partial charge in [0.15, 0.2) is 0 Å². The third kappa shape index (κ3) is 3.83. The summed E-state index contributed by atoms with van der Waals surface area (Å²) >= 11 is 6.05. The summed E-state index contributed by atoms with van der Waals surface area (Å²) in [6.45, 7) is 0. The van der Waals surface area contributed by atoms with E-state index in [0.29, 0.717) is 22.0 Å². The van der Waals surface area contributed by atoms with Crippen LogP contribution < -0.4 is 9.21 Å². The first-order valence-electron chi connectivity index (χ1n) is 6.78. The number of benzene rings is 2. The van der Waals surface area contributed by atoms with Crippen LogP contribution in [0.2, 0.25) is 5.02 Å². The molecule has 0 unspecified atom stereocenters. The van der Waals surface area contributed by atoms with E-state index in [9.17, 15) is 13.2 Å². The Bertz CT molecular complexity index is 819. The molecule has 0 aliphatic carbocycles. The summed E-state index contributed by atoms with van der Waals surface area (Å²) < 4.78 is 24.2. The second-order valence-corrected chi connectivity index (χ2v) is 7.51. The number of carbonyl (C=O) groups excluding carboxylic acids is 1. The number of halogens is 1. The molecule has 122 valence electrons. The van der Waals surface area contributed by atoms with Crippen LogP contribution in [-0.4, -0.2) is 34.7 Å². The zero-order valence-electron chi connectivity index (χ0n) is 13.0. The van der Waals surface area contributed by atoms with Crippen molar-refractivity contribution in [3.05, 3.63) is 59.1 Å². The summed E-state index contributed by atoms with van der Waals surface area (Å²) in [4.78, 5) is 13.9. The lowest BCUT2D eigenvalue weighted by Crippen LogP contribution is -2.27. The molecule has 5 nitrogen and oxygen atoms in total. The Kier molecular flexibility index (Phi) is 4.97. The van der Waals surface area contributed by atoms with Gasteiger partial charge in [0.2, 0.25) is 10.0 Å². The highest BCUT2D eigenvalue weighted by Crippen LogP contribution is 2.24. The van der Waals surface area contributed by atoms with Gasteiger partial charge in [-0.15, -0.1) is 0 Å². The molecule has 0 saturated carbocycles. The predicted molar refractivity (Wildman–Crippen MR) is 93.9 cm³/mol. The van der Waals surface area contributed by atoms with E-state index in [1.165, 1.54) is 16.3 Å². The smallest absolute Gasteiger partial charge is 0.259 e. The molecule has 1 amide bonds. The lowest BCUT2D eigenvalue weighted by molar-refractivity contribution is 0.0993. The SMILES string of the molecule is CN(C(=O)c1ccccc1Cl)c1ccc(N(C)S(C)(=O)=O)cc1. The fraction of sp³-hybridized carbons (Fsp3) is 0.188. The van der Waals surface area contributed by atoms with Gasteiger partial charge in [0.25, 0.3) is 5.91 Å². The normalized spacial score (nSPS) is 11.1. The molecule has 0 bridgehead atoms. The van der Waals surface area contributed by atoms with Gasteiger partial charge in [-0.05, 0) is 36.4 Å². The van der Waals surface area contributed by atoms with E-state index in [-0.39, 0.29) is 5.91 Å². The Morgan fingerprint density at radius 1 is 0.957 bits per heavy atom. The molecule has 2 aromatic rings. The largest absolute Gasteiger partial charge is 0.311 e. The van der Waals surface area contributed by atoms with Crippen molar-refractivity contribution in [3.63, 3.8) is 0 Å². The minimum Gasteiger partial charge on any atom is -0.311 e. The highest BCUT2D eigenvalue weighted by Gasteiger charge is 2.17. The van der Waals surface area contributed by atoms with Crippen LogP contribution in [0.5, 0.6) is 0 Å². The lowest BCUT2D eigenvalue weighted by atomic mass is 10.2. The standard InChI is InChI=1S/C16H17ClN2O3S/c1-18(16(20)14-6-4-5-7-15(14)17)12-8-10-13(11-9-12)19(2)23(3,21)22/h4-11H,1-3H3. The first-order chi connectivity index (χ1) is 10.7. The zero-order chi connectivity index (χ0) is 17.2. The van der Waals surface area contributed by atoms with E-state index < -0.39 is 10.0 Å². The van der Waals surface area contributed by atoms with Gasteiger partial charge in [-0.2, -0.15) is 0 Å². The van der Waals surface area contributed by atoms with Crippen molar-refractivity contribution in [3.8, 4) is 0 Å². The van der Waals surface area contributed by atoms with Crippen LogP contribution in [0, 0.1) is 0 Å². The average molecular weight is 353 g/mol. The molecule has 7 heteroatoms. The highest BCUT2D eigenvalue weighted by molar-refractivity contribution is 7.92. The topological polar surface area (TPSA) is 57.7 Å². The minimum atomic E-state index is -3.32. The first kappa shape index (κ1) is 17.3. The van der Waals surface area contributed by atoms with E-state index in [1.54, 1.807) is 55.6 Å². The molecule has 2 rings (SSSR count). The maximum Gasteiger partial charge on any atom is 0.259 e. The number of anilines is 2. The average Bonchev–Trinajstić information content (AvgIpc) is 2.52. The lowest BCUT2D eigenvalue weighted by Gasteiger charge is -2.20. The van der Waals surface area contributed by atoms with Crippen molar-refractivity contribution in [2.24, 2.45) is 0 Å². The predicted octanol–water partition coefficient (Wildman–Crippen LogP) is 3.01. The van der Waals surface area contributed by atoms with Crippen molar-refractivity contribution in [1.82, 2.24) is 0 Å². The van der Waals surface area contributed by atoms with Gasteiger partial charge in [-0.1, -0.05) is 23.7 Å². The fourth-order valence-electron chi connectivity index (χ4n) is 2.01. The number of nitrogens with zero attached hydrogens (tertiary/aromatic N) is 2. The molecule has 0 N–H and O–H groups in total. The third-order valence-electron chi connectivity index (χ3n) is 3.51. The van der Waals surface area contributed by atoms with E-state index >= 15 is 0 Å². The molecular formula is C16H17ClN2O3S. The Morgan fingerprint density at radius 3 is 2.00 bits per heavy atom. The second-order valence-electron chi connectivity index (χ2n) is 5.09. The Morgan fingerprint density at radius 2 is 1.48 bits per heavy atom. The number of hydrogen-bond donors (Lipinski definition) is 0. The van der Waals surface area contributed by atoms with Gasteiger partial charge in [0.05, 0.1) is 22.5 Å². The van der Waals surface area contributed by atoms with Crippen LogP contribution in [0.3, 0.4) is 0 Å². The zero-order valence-corrected chi connectivity index (χ0v) is 14.6. The van der Waals surface area contributed by atoms with Crippen molar-refractivity contribution in [2.75, 3.05) is 29.6 Å². The number of amides is 1. The monoisotopic (exact) mass is 352 g/mol. The van der Waals surface area contributed by atoms with Gasteiger partial charge in [0, 0.05) is 19.8 Å². The molecule has 23 heavy (non-hydrogen) atoms. The van der Waals surface area contributed by atoms with E-state index in [4.69, 9.17) is 11.6 Å². The molecule has 0 aromatic heterocycles. The molecule has 2 aromatic carbocycles. The van der Waals surface area contributed by atoms with Crippen LogP contribution in [0.4, 0.5) is 11.4 Å². The van der Waals surface area contributed by atoms with Gasteiger partial charge in [-0.25, -0.2) is 8.42 Å².